The highest BCUT2D eigenvalue weighted by Gasteiger charge is 2.40. The van der Waals surface area contributed by atoms with Gasteiger partial charge in [-0.2, -0.15) is 0 Å². The van der Waals surface area contributed by atoms with Crippen LogP contribution < -0.4 is 4.74 Å². The lowest BCUT2D eigenvalue weighted by molar-refractivity contribution is -0.274. The lowest BCUT2D eigenvalue weighted by Gasteiger charge is -2.50. The summed E-state index contributed by atoms with van der Waals surface area (Å²) < 4.78 is 47.6. The van der Waals surface area contributed by atoms with Gasteiger partial charge in [-0.15, -0.1) is 13.2 Å². The van der Waals surface area contributed by atoms with Crippen molar-refractivity contribution < 1.29 is 27.4 Å². The Hall–Kier alpha value is -2.74. The van der Waals surface area contributed by atoms with Crippen LogP contribution in [0.5, 0.6) is 5.75 Å². The number of piperidine rings is 2. The van der Waals surface area contributed by atoms with E-state index < -0.39 is 12.0 Å². The van der Waals surface area contributed by atoms with Gasteiger partial charge in [0.15, 0.2) is 0 Å². The van der Waals surface area contributed by atoms with Crippen molar-refractivity contribution in [2.24, 2.45) is 5.92 Å². The van der Waals surface area contributed by atoms with E-state index in [1.54, 1.807) is 12.1 Å². The first kappa shape index (κ1) is 28.3. The van der Waals surface area contributed by atoms with Gasteiger partial charge in [0.05, 0.1) is 0 Å². The molecule has 8 heteroatoms. The van der Waals surface area contributed by atoms with Gasteiger partial charge in [0, 0.05) is 24.5 Å². The first-order chi connectivity index (χ1) is 17.8. The third-order valence-electron chi connectivity index (χ3n) is 7.90. The molecule has 2 heterocycles. The van der Waals surface area contributed by atoms with Crippen LogP contribution in [0.15, 0.2) is 54.6 Å². The van der Waals surface area contributed by atoms with Crippen LogP contribution in [0, 0.1) is 5.92 Å². The van der Waals surface area contributed by atoms with Crippen molar-refractivity contribution in [3.63, 3.8) is 0 Å². The molecular formula is C30H39F3N2O3. The van der Waals surface area contributed by atoms with Crippen molar-refractivity contribution >= 4 is 6.09 Å². The Morgan fingerprint density at radius 1 is 0.895 bits per heavy atom. The van der Waals surface area contributed by atoms with Crippen LogP contribution in [-0.4, -0.2) is 59.6 Å². The second kappa shape index (κ2) is 11.2. The summed E-state index contributed by atoms with van der Waals surface area (Å²) >= 11 is 0. The summed E-state index contributed by atoms with van der Waals surface area (Å²) in [5, 5.41) is 0. The standard InChI is InChI=1S/C30H39F3N2O3/c1-28(2,3)38-27(36)34-20-16-29(4,17-21-34)35-18-14-24(15-19-35)26(22-8-6-5-7-9-22)23-10-12-25(13-11-23)37-30(31,32)33/h5-13,24,26H,14-21H2,1-4H3. The number of hydrogen-bond donors (Lipinski definition) is 0. The quantitative estimate of drug-likeness (QED) is 0.408. The van der Waals surface area contributed by atoms with E-state index in [0.717, 1.165) is 44.3 Å². The molecule has 2 aliphatic rings. The summed E-state index contributed by atoms with van der Waals surface area (Å²) in [5.41, 5.74) is 1.71. The smallest absolute Gasteiger partial charge is 0.444 e. The molecule has 0 radical (unpaired) electrons. The zero-order valence-corrected chi connectivity index (χ0v) is 22.8. The molecular weight excluding hydrogens is 493 g/mol. The largest absolute Gasteiger partial charge is 0.573 e. The molecule has 4 rings (SSSR count). The predicted molar refractivity (Wildman–Crippen MR) is 141 cm³/mol. The Balaban J connectivity index is 1.41. The van der Waals surface area contributed by atoms with E-state index in [1.807, 2.05) is 43.9 Å². The molecule has 1 unspecified atom stereocenters. The van der Waals surface area contributed by atoms with Gasteiger partial charge >= 0.3 is 12.5 Å². The molecule has 1 amide bonds. The number of likely N-dealkylation sites (tertiary alicyclic amines) is 2. The summed E-state index contributed by atoms with van der Waals surface area (Å²) in [6.07, 6.45) is -1.15. The van der Waals surface area contributed by atoms with E-state index in [9.17, 15) is 18.0 Å². The van der Waals surface area contributed by atoms with Crippen molar-refractivity contribution in [2.45, 2.75) is 76.8 Å². The van der Waals surface area contributed by atoms with Gasteiger partial charge < -0.3 is 14.4 Å². The summed E-state index contributed by atoms with van der Waals surface area (Å²) in [6, 6.07) is 16.6. The van der Waals surface area contributed by atoms with Gasteiger partial charge in [-0.05, 0) is 95.6 Å². The minimum Gasteiger partial charge on any atom is -0.444 e. The summed E-state index contributed by atoms with van der Waals surface area (Å²) in [6.45, 7) is 11.2. The first-order valence-electron chi connectivity index (χ1n) is 13.5. The van der Waals surface area contributed by atoms with E-state index in [4.69, 9.17) is 4.74 Å². The molecule has 1 atom stereocenters. The third-order valence-corrected chi connectivity index (χ3v) is 7.90. The molecule has 0 bridgehead atoms. The lowest BCUT2D eigenvalue weighted by atomic mass is 9.75. The van der Waals surface area contributed by atoms with E-state index in [2.05, 4.69) is 28.7 Å². The van der Waals surface area contributed by atoms with E-state index in [-0.39, 0.29) is 23.3 Å². The second-order valence-electron chi connectivity index (χ2n) is 11.8. The molecule has 2 aliphatic heterocycles. The van der Waals surface area contributed by atoms with Crippen LogP contribution >= 0.6 is 0 Å². The van der Waals surface area contributed by atoms with E-state index in [0.29, 0.717) is 19.0 Å². The Kier molecular flexibility index (Phi) is 8.31. The average Bonchev–Trinajstić information content (AvgIpc) is 2.85. The molecule has 2 fully saturated rings. The number of carbonyl (C=O) groups is 1. The number of benzene rings is 2. The molecule has 208 valence electrons. The van der Waals surface area contributed by atoms with Crippen LogP contribution in [-0.2, 0) is 4.74 Å². The van der Waals surface area contributed by atoms with E-state index >= 15 is 0 Å². The molecule has 2 saturated heterocycles. The molecule has 0 saturated carbocycles. The molecule has 0 aromatic heterocycles. The lowest BCUT2D eigenvalue weighted by Crippen LogP contribution is -2.57. The Morgan fingerprint density at radius 3 is 1.97 bits per heavy atom. The molecule has 0 N–H and O–H groups in total. The zero-order chi connectivity index (χ0) is 27.6. The highest BCUT2D eigenvalue weighted by Crippen LogP contribution is 2.41. The van der Waals surface area contributed by atoms with Gasteiger partial charge in [-0.3, -0.25) is 4.90 Å². The summed E-state index contributed by atoms with van der Waals surface area (Å²) in [5.74, 6) is 0.266. The molecule has 2 aromatic rings. The van der Waals surface area contributed by atoms with Crippen LogP contribution in [0.25, 0.3) is 0 Å². The Bertz CT molecular complexity index is 1050. The molecule has 0 aliphatic carbocycles. The second-order valence-corrected chi connectivity index (χ2v) is 11.8. The maximum atomic E-state index is 12.7. The van der Waals surface area contributed by atoms with Crippen molar-refractivity contribution in [2.75, 3.05) is 26.2 Å². The Labute approximate surface area is 223 Å². The van der Waals surface area contributed by atoms with Gasteiger partial charge in [0.2, 0.25) is 0 Å². The highest BCUT2D eigenvalue weighted by molar-refractivity contribution is 5.68. The van der Waals surface area contributed by atoms with Crippen molar-refractivity contribution in [3.05, 3.63) is 65.7 Å². The zero-order valence-electron chi connectivity index (χ0n) is 22.8. The fourth-order valence-electron chi connectivity index (χ4n) is 5.86. The van der Waals surface area contributed by atoms with Crippen LogP contribution in [0.2, 0.25) is 0 Å². The minimum atomic E-state index is -4.70. The third kappa shape index (κ3) is 7.22. The number of rotatable bonds is 5. The molecule has 0 spiro atoms. The van der Waals surface area contributed by atoms with E-state index in [1.165, 1.54) is 17.7 Å². The maximum Gasteiger partial charge on any atom is 0.573 e. The van der Waals surface area contributed by atoms with Crippen LogP contribution in [0.3, 0.4) is 0 Å². The fourth-order valence-corrected chi connectivity index (χ4v) is 5.86. The number of halogens is 3. The fraction of sp³-hybridized carbons (Fsp3) is 0.567. The number of carbonyl (C=O) groups excluding carboxylic acids is 1. The molecule has 5 nitrogen and oxygen atoms in total. The summed E-state index contributed by atoms with van der Waals surface area (Å²) in [4.78, 5) is 16.9. The van der Waals surface area contributed by atoms with Gasteiger partial charge in [0.25, 0.3) is 0 Å². The van der Waals surface area contributed by atoms with Crippen molar-refractivity contribution in [1.29, 1.82) is 0 Å². The van der Waals surface area contributed by atoms with Crippen molar-refractivity contribution in [3.8, 4) is 5.75 Å². The SMILES string of the molecule is CC(C)(C)OC(=O)N1CCC(C)(N2CCC(C(c3ccccc3)c3ccc(OC(F)(F)F)cc3)CC2)CC1. The minimum absolute atomic E-state index is 0.0301. The van der Waals surface area contributed by atoms with Crippen LogP contribution in [0.1, 0.15) is 70.4 Å². The van der Waals surface area contributed by atoms with Crippen LogP contribution in [0.4, 0.5) is 18.0 Å². The summed E-state index contributed by atoms with van der Waals surface area (Å²) in [7, 11) is 0. The number of nitrogens with zero attached hydrogens (tertiary/aromatic N) is 2. The number of alkyl halides is 3. The van der Waals surface area contributed by atoms with Crippen molar-refractivity contribution in [1.82, 2.24) is 9.80 Å². The highest BCUT2D eigenvalue weighted by atomic mass is 19.4. The topological polar surface area (TPSA) is 42.0 Å². The maximum absolute atomic E-state index is 12.7. The molecule has 38 heavy (non-hydrogen) atoms. The molecule has 2 aromatic carbocycles. The first-order valence-corrected chi connectivity index (χ1v) is 13.5. The van der Waals surface area contributed by atoms with Gasteiger partial charge in [0.1, 0.15) is 11.4 Å². The Morgan fingerprint density at radius 2 is 1.45 bits per heavy atom. The predicted octanol–water partition coefficient (Wildman–Crippen LogP) is 7.22. The van der Waals surface area contributed by atoms with Gasteiger partial charge in [-0.1, -0.05) is 42.5 Å². The average molecular weight is 533 g/mol. The number of amides is 1. The monoisotopic (exact) mass is 532 g/mol. The number of ether oxygens (including phenoxy) is 2. The number of hydrogen-bond acceptors (Lipinski definition) is 4. The normalized spacial score (nSPS) is 20.1. The van der Waals surface area contributed by atoms with Gasteiger partial charge in [-0.25, -0.2) is 4.79 Å².